The Hall–Kier alpha value is -2.49. The van der Waals surface area contributed by atoms with Crippen molar-refractivity contribution in [2.75, 3.05) is 39.6 Å². The van der Waals surface area contributed by atoms with Crippen LogP contribution >= 0.6 is 0 Å². The third-order valence-electron chi connectivity index (χ3n) is 4.34. The average molecular weight is 393 g/mol. The third kappa shape index (κ3) is 5.25. The van der Waals surface area contributed by atoms with Crippen molar-refractivity contribution in [3.63, 3.8) is 0 Å². The molecule has 0 aliphatic heterocycles. The molecule has 8 nitrogen and oxygen atoms in total. The Labute approximate surface area is 159 Å². The molecular weight excluding hydrogens is 368 g/mol. The number of hydrogen-bond donors (Lipinski definition) is 2. The van der Waals surface area contributed by atoms with E-state index in [1.54, 1.807) is 0 Å². The molecule has 2 rings (SSSR count). The van der Waals surface area contributed by atoms with Crippen LogP contribution < -0.4 is 14.5 Å². The normalized spacial score (nSPS) is 12.8. The number of nitrogens with zero attached hydrogens (tertiary/aromatic N) is 2. The van der Waals surface area contributed by atoms with Crippen LogP contribution in [0.25, 0.3) is 0 Å². The zero-order valence-electron chi connectivity index (χ0n) is 15.8. The molecule has 0 radical (unpaired) electrons. The van der Waals surface area contributed by atoms with Crippen molar-refractivity contribution in [1.82, 2.24) is 4.72 Å². The van der Waals surface area contributed by atoms with Gasteiger partial charge in [0, 0.05) is 37.5 Å². The van der Waals surface area contributed by atoms with Gasteiger partial charge < -0.3 is 9.80 Å². The van der Waals surface area contributed by atoms with E-state index < -0.39 is 14.9 Å². The number of anilines is 1. The van der Waals surface area contributed by atoms with Gasteiger partial charge in [-0.3, -0.25) is 10.1 Å². The lowest BCUT2D eigenvalue weighted by atomic mass is 10.1. The van der Waals surface area contributed by atoms with Crippen LogP contribution in [0.2, 0.25) is 0 Å². The van der Waals surface area contributed by atoms with Gasteiger partial charge in [0.05, 0.1) is 30.5 Å². The van der Waals surface area contributed by atoms with Crippen molar-refractivity contribution >= 4 is 21.4 Å². The number of quaternary nitrogens is 1. The Morgan fingerprint density at radius 2 is 1.63 bits per heavy atom. The molecule has 1 atom stereocenters. The van der Waals surface area contributed by atoms with Gasteiger partial charge in [-0.15, -0.1) is 0 Å². The molecule has 2 aromatic rings. The predicted octanol–water partition coefficient (Wildman–Crippen LogP) is 0.825. The quantitative estimate of drug-likeness (QED) is 0.511. The first-order valence-electron chi connectivity index (χ1n) is 8.43. The molecule has 0 heterocycles. The number of nitro groups is 1. The second-order valence-electron chi connectivity index (χ2n) is 6.72. The lowest BCUT2D eigenvalue weighted by Crippen LogP contribution is -3.07. The van der Waals surface area contributed by atoms with Crippen molar-refractivity contribution in [2.45, 2.75) is 10.9 Å². The average Bonchev–Trinajstić information content (AvgIpc) is 2.62. The summed E-state index contributed by atoms with van der Waals surface area (Å²) in [5.41, 5.74) is 1.94. The number of sulfonamides is 1. The lowest BCUT2D eigenvalue weighted by Gasteiger charge is -2.23. The summed E-state index contributed by atoms with van der Waals surface area (Å²) >= 11 is 0. The minimum atomic E-state index is -3.76. The number of hydrogen-bond acceptors (Lipinski definition) is 5. The van der Waals surface area contributed by atoms with E-state index in [4.69, 9.17) is 0 Å². The SMILES string of the molecule is CN(C)c1ccc([C@H](CNS(=O)(=O)c2ccc([N+](=O)[O-])cc2)[NH+](C)C)cc1. The lowest BCUT2D eigenvalue weighted by molar-refractivity contribution is -0.890. The Morgan fingerprint density at radius 3 is 2.07 bits per heavy atom. The number of nitro benzene ring substituents is 1. The van der Waals surface area contributed by atoms with Crippen molar-refractivity contribution in [3.05, 3.63) is 64.2 Å². The molecule has 0 aliphatic carbocycles. The van der Waals surface area contributed by atoms with E-state index in [1.807, 2.05) is 57.4 Å². The van der Waals surface area contributed by atoms with Crippen LogP contribution in [-0.4, -0.2) is 48.1 Å². The molecule has 9 heteroatoms. The number of likely N-dealkylation sites (N-methyl/N-ethyl adjacent to an activating group) is 1. The van der Waals surface area contributed by atoms with Crippen LogP contribution in [0, 0.1) is 10.1 Å². The molecule has 0 unspecified atom stereocenters. The van der Waals surface area contributed by atoms with Crippen LogP contribution in [0.15, 0.2) is 53.4 Å². The summed E-state index contributed by atoms with van der Waals surface area (Å²) in [5.74, 6) is 0. The molecule has 2 aromatic carbocycles. The molecule has 0 saturated heterocycles. The van der Waals surface area contributed by atoms with Crippen molar-refractivity contribution in [1.29, 1.82) is 0 Å². The first-order chi connectivity index (χ1) is 12.6. The maximum absolute atomic E-state index is 12.5. The largest absolute Gasteiger partial charge is 0.378 e. The number of benzene rings is 2. The van der Waals surface area contributed by atoms with Gasteiger partial charge in [-0.05, 0) is 24.3 Å². The highest BCUT2D eigenvalue weighted by Gasteiger charge is 2.22. The summed E-state index contributed by atoms with van der Waals surface area (Å²) < 4.78 is 27.6. The number of nitrogens with one attached hydrogen (secondary N) is 2. The van der Waals surface area contributed by atoms with Gasteiger partial charge in [-0.2, -0.15) is 0 Å². The highest BCUT2D eigenvalue weighted by molar-refractivity contribution is 7.89. The first kappa shape index (κ1) is 20.8. The second kappa shape index (κ2) is 8.47. The van der Waals surface area contributed by atoms with Crippen LogP contribution in [-0.2, 0) is 10.0 Å². The topological polar surface area (TPSA) is 97.0 Å². The van der Waals surface area contributed by atoms with E-state index in [2.05, 4.69) is 4.72 Å². The van der Waals surface area contributed by atoms with Crippen molar-refractivity contribution in [2.24, 2.45) is 0 Å². The summed E-state index contributed by atoms with van der Waals surface area (Å²) in [4.78, 5) is 13.2. The fraction of sp³-hybridized carbons (Fsp3) is 0.333. The molecule has 0 aliphatic rings. The Bertz CT molecular complexity index is 879. The predicted molar refractivity (Wildman–Crippen MR) is 105 cm³/mol. The highest BCUT2D eigenvalue weighted by Crippen LogP contribution is 2.18. The fourth-order valence-electron chi connectivity index (χ4n) is 2.68. The Balaban J connectivity index is 2.15. The molecule has 0 aromatic heterocycles. The molecule has 0 fully saturated rings. The zero-order valence-corrected chi connectivity index (χ0v) is 16.7. The molecule has 146 valence electrons. The van der Waals surface area contributed by atoms with Gasteiger partial charge in [0.2, 0.25) is 10.0 Å². The van der Waals surface area contributed by atoms with Crippen molar-refractivity contribution in [3.8, 4) is 0 Å². The van der Waals surface area contributed by atoms with Crippen LogP contribution in [0.1, 0.15) is 11.6 Å². The highest BCUT2D eigenvalue weighted by atomic mass is 32.2. The van der Waals surface area contributed by atoms with E-state index in [0.29, 0.717) is 0 Å². The minimum Gasteiger partial charge on any atom is -0.378 e. The summed E-state index contributed by atoms with van der Waals surface area (Å²) in [6.45, 7) is 0.211. The Morgan fingerprint density at radius 1 is 1.07 bits per heavy atom. The van der Waals surface area contributed by atoms with Gasteiger partial charge in [-0.1, -0.05) is 12.1 Å². The van der Waals surface area contributed by atoms with Gasteiger partial charge in [-0.25, -0.2) is 13.1 Å². The van der Waals surface area contributed by atoms with E-state index in [1.165, 1.54) is 24.3 Å². The smallest absolute Gasteiger partial charge is 0.269 e. The molecule has 0 amide bonds. The fourth-order valence-corrected chi connectivity index (χ4v) is 3.73. The standard InChI is InChI=1S/C18H24N4O4S/c1-20(2)15-7-5-14(6-8-15)18(21(3)4)13-19-27(25,26)17-11-9-16(10-12-17)22(23)24/h5-12,18-19H,13H2,1-4H3/p+1/t18-/m0/s1. The van der Waals surface area contributed by atoms with Gasteiger partial charge in [0.1, 0.15) is 6.04 Å². The van der Waals surface area contributed by atoms with Crippen LogP contribution in [0.5, 0.6) is 0 Å². The van der Waals surface area contributed by atoms with E-state index >= 15 is 0 Å². The third-order valence-corrected chi connectivity index (χ3v) is 5.78. The van der Waals surface area contributed by atoms with Crippen LogP contribution in [0.4, 0.5) is 11.4 Å². The van der Waals surface area contributed by atoms with Gasteiger partial charge >= 0.3 is 0 Å². The summed E-state index contributed by atoms with van der Waals surface area (Å²) in [6.07, 6.45) is 0. The molecule has 27 heavy (non-hydrogen) atoms. The zero-order chi connectivity index (χ0) is 20.2. The first-order valence-corrected chi connectivity index (χ1v) is 9.91. The van der Waals surface area contributed by atoms with Gasteiger partial charge in [0.15, 0.2) is 0 Å². The molecule has 0 bridgehead atoms. The number of rotatable bonds is 8. The van der Waals surface area contributed by atoms with Gasteiger partial charge in [0.25, 0.3) is 5.69 Å². The molecule has 2 N–H and O–H groups in total. The van der Waals surface area contributed by atoms with Crippen LogP contribution in [0.3, 0.4) is 0 Å². The van der Waals surface area contributed by atoms with Crippen molar-refractivity contribution < 1.29 is 18.2 Å². The summed E-state index contributed by atoms with van der Waals surface area (Å²) in [5, 5.41) is 10.7. The summed E-state index contributed by atoms with van der Waals surface area (Å²) in [7, 11) is 4.09. The Kier molecular flexibility index (Phi) is 6.53. The van der Waals surface area contributed by atoms with E-state index in [0.717, 1.165) is 16.2 Å². The monoisotopic (exact) mass is 393 g/mol. The summed E-state index contributed by atoms with van der Waals surface area (Å²) in [6, 6.07) is 12.8. The molecule has 0 saturated carbocycles. The van der Waals surface area contributed by atoms with E-state index in [-0.39, 0.29) is 23.2 Å². The molecular formula is C18H25N4O4S+. The van der Waals surface area contributed by atoms with E-state index in [9.17, 15) is 18.5 Å². The number of non-ortho nitro benzene ring substituents is 1. The maximum atomic E-state index is 12.5. The molecule has 0 spiro atoms. The second-order valence-corrected chi connectivity index (χ2v) is 8.49. The minimum absolute atomic E-state index is 0.00330. The maximum Gasteiger partial charge on any atom is 0.269 e.